The molecule has 0 radical (unpaired) electrons. The van der Waals surface area contributed by atoms with Gasteiger partial charge in [-0.05, 0) is 150 Å². The Bertz CT molecular complexity index is 2800. The van der Waals surface area contributed by atoms with Crippen molar-refractivity contribution in [2.24, 2.45) is 0 Å². The molecule has 3 aromatic carbocycles. The molecule has 3 spiro atoms. The number of carbonyl (C=O) groups is 2. The minimum atomic E-state index is -1.08. The predicted molar refractivity (Wildman–Crippen MR) is 253 cm³/mol. The maximum Gasteiger partial charge on any atom is 0.196 e. The molecule has 6 aliphatic carbocycles. The van der Waals surface area contributed by atoms with Crippen molar-refractivity contribution in [2.45, 2.75) is 102 Å². The lowest BCUT2D eigenvalue weighted by Crippen LogP contribution is -2.74. The number of ether oxygens (including phenoxy) is 7. The molecular formula is C55H59N3O11. The van der Waals surface area contributed by atoms with Gasteiger partial charge in [0, 0.05) is 34.8 Å². The molecule has 0 aromatic heterocycles. The molecule has 15 rings (SSSR count). The quantitative estimate of drug-likeness (QED) is 0.387. The van der Waals surface area contributed by atoms with E-state index in [-0.39, 0.29) is 35.2 Å². The van der Waals surface area contributed by atoms with Crippen molar-refractivity contribution in [1.29, 1.82) is 0 Å². The van der Waals surface area contributed by atoms with Crippen LogP contribution in [-0.2, 0) is 49.8 Å². The van der Waals surface area contributed by atoms with Crippen LogP contribution in [0.3, 0.4) is 0 Å². The molecule has 3 fully saturated rings. The van der Waals surface area contributed by atoms with Gasteiger partial charge in [0.05, 0.1) is 44.7 Å². The second-order valence-electron chi connectivity index (χ2n) is 21.2. The number of nitrogens with zero attached hydrogens (tertiary/aromatic N) is 3. The topological polar surface area (TPSA) is 149 Å². The van der Waals surface area contributed by atoms with Crippen LogP contribution in [0.2, 0.25) is 0 Å². The molecule has 0 amide bonds. The van der Waals surface area contributed by atoms with E-state index in [1.54, 1.807) is 40.6 Å². The maximum absolute atomic E-state index is 12.6. The van der Waals surface area contributed by atoms with Crippen molar-refractivity contribution in [3.8, 4) is 34.5 Å². The summed E-state index contributed by atoms with van der Waals surface area (Å²) < 4.78 is 40.8. The van der Waals surface area contributed by atoms with Crippen LogP contribution in [0.4, 0.5) is 0 Å². The van der Waals surface area contributed by atoms with Crippen molar-refractivity contribution in [3.63, 3.8) is 0 Å². The number of allylic oxidation sites excluding steroid dienone is 2. The van der Waals surface area contributed by atoms with Crippen LogP contribution in [0.1, 0.15) is 52.6 Å². The molecule has 3 saturated heterocycles. The monoisotopic (exact) mass is 937 g/mol. The normalized spacial score (nSPS) is 37.7. The van der Waals surface area contributed by atoms with Crippen LogP contribution in [0.25, 0.3) is 0 Å². The van der Waals surface area contributed by atoms with Crippen LogP contribution in [-0.4, -0.2) is 153 Å². The number of hydrogen-bond acceptors (Lipinski definition) is 14. The third kappa shape index (κ3) is 5.04. The largest absolute Gasteiger partial charge is 0.497 e. The van der Waals surface area contributed by atoms with E-state index in [4.69, 9.17) is 33.2 Å². The number of benzene rings is 3. The fourth-order valence-corrected chi connectivity index (χ4v) is 15.7. The molecule has 6 unspecified atom stereocenters. The van der Waals surface area contributed by atoms with Gasteiger partial charge in [0.15, 0.2) is 64.4 Å². The van der Waals surface area contributed by atoms with E-state index in [1.165, 1.54) is 28.9 Å². The summed E-state index contributed by atoms with van der Waals surface area (Å²) in [5.74, 6) is 5.12. The summed E-state index contributed by atoms with van der Waals surface area (Å²) in [4.78, 5) is 32.0. The first-order valence-corrected chi connectivity index (χ1v) is 24.3. The molecule has 2 N–H and O–H groups in total. The Kier molecular flexibility index (Phi) is 9.10. The predicted octanol–water partition coefficient (Wildman–Crippen LogP) is 4.07. The molecule has 0 saturated carbocycles. The third-order valence-electron chi connectivity index (χ3n) is 18.8. The van der Waals surface area contributed by atoms with Crippen molar-refractivity contribution in [2.75, 3.05) is 69.2 Å². The zero-order valence-electron chi connectivity index (χ0n) is 40.2. The fourth-order valence-electron chi connectivity index (χ4n) is 15.7. The number of methoxy groups -OCH3 is 4. The lowest BCUT2D eigenvalue weighted by Gasteiger charge is -2.60. The van der Waals surface area contributed by atoms with Crippen LogP contribution in [0, 0.1) is 0 Å². The number of ketones is 2. The second kappa shape index (κ2) is 14.5. The standard InChI is InChI=1S/C19H21NO3.2C18H19NO4/c1-20-9-8-19-12-5-7-15(22-3)18(19)23-17-14(21-2)6-4-11(16(17)19)10-13(12)20;2*1-19-8-7-17-14-10-3-4-12(22-2)15(14)23-16(17)11(20)5-6-18(17,21)13(19)9-10/h4-7,13,18H,8-10H2,1-3H3;2*3-6,13,16,21H,7-9H2,1-2H3/t13?,18-,19?;2*13?,16-,17?,18+/m000/s1. The van der Waals surface area contributed by atoms with Crippen LogP contribution < -0.4 is 28.4 Å². The van der Waals surface area contributed by atoms with Crippen LogP contribution >= 0.6 is 0 Å². The van der Waals surface area contributed by atoms with Crippen molar-refractivity contribution >= 4 is 11.6 Å². The Morgan fingerprint density at radius 3 is 1.48 bits per heavy atom. The average Bonchev–Trinajstić information content (AvgIpc) is 4.03. The van der Waals surface area contributed by atoms with Crippen molar-refractivity contribution in [3.05, 3.63) is 118 Å². The van der Waals surface area contributed by atoms with Crippen LogP contribution in [0.5, 0.6) is 34.5 Å². The highest BCUT2D eigenvalue weighted by Crippen LogP contribution is 2.66. The van der Waals surface area contributed by atoms with E-state index in [0.717, 1.165) is 84.8 Å². The minimum Gasteiger partial charge on any atom is -0.497 e. The highest BCUT2D eigenvalue weighted by atomic mass is 16.6. The van der Waals surface area contributed by atoms with Gasteiger partial charge in [0.2, 0.25) is 0 Å². The van der Waals surface area contributed by atoms with E-state index in [0.29, 0.717) is 41.9 Å². The Morgan fingerprint density at radius 2 is 1.00 bits per heavy atom. The average molecular weight is 938 g/mol. The van der Waals surface area contributed by atoms with Crippen LogP contribution in [0.15, 0.2) is 84.2 Å². The van der Waals surface area contributed by atoms with Gasteiger partial charge in [0.1, 0.15) is 17.0 Å². The van der Waals surface area contributed by atoms with E-state index in [1.807, 2.05) is 32.3 Å². The number of piperidine rings is 3. The molecule has 6 aliphatic heterocycles. The van der Waals surface area contributed by atoms with E-state index >= 15 is 0 Å². The van der Waals surface area contributed by atoms with Crippen molar-refractivity contribution < 1.29 is 53.0 Å². The Morgan fingerprint density at radius 1 is 0.551 bits per heavy atom. The van der Waals surface area contributed by atoms with Gasteiger partial charge >= 0.3 is 0 Å². The van der Waals surface area contributed by atoms with Gasteiger partial charge in [-0.2, -0.15) is 0 Å². The Balaban J connectivity index is 0.000000102. The van der Waals surface area contributed by atoms with E-state index in [9.17, 15) is 19.8 Å². The van der Waals surface area contributed by atoms with E-state index in [2.05, 4.69) is 52.1 Å². The highest BCUT2D eigenvalue weighted by molar-refractivity contribution is 6.00. The summed E-state index contributed by atoms with van der Waals surface area (Å²) in [5.41, 5.74) is 4.92. The number of carbonyl (C=O) groups excluding carboxylic acids is 2. The third-order valence-corrected chi connectivity index (χ3v) is 18.8. The summed E-state index contributed by atoms with van der Waals surface area (Å²) in [7, 11) is 13.0. The summed E-state index contributed by atoms with van der Waals surface area (Å²) in [5, 5.41) is 23.3. The molecule has 3 aromatic rings. The molecule has 6 bridgehead atoms. The fraction of sp³-hybridized carbons (Fsp3) is 0.491. The summed E-state index contributed by atoms with van der Waals surface area (Å²) in [6, 6.07) is 12.6. The zero-order chi connectivity index (χ0) is 47.7. The van der Waals surface area contributed by atoms with Gasteiger partial charge in [-0.1, -0.05) is 24.3 Å². The van der Waals surface area contributed by atoms with Gasteiger partial charge in [-0.15, -0.1) is 0 Å². The summed E-state index contributed by atoms with van der Waals surface area (Å²) >= 11 is 0. The number of rotatable bonds is 4. The number of hydrogen-bond donors (Lipinski definition) is 2. The first-order valence-electron chi connectivity index (χ1n) is 24.3. The first-order chi connectivity index (χ1) is 33.3. The second-order valence-corrected chi connectivity index (χ2v) is 21.2. The number of aliphatic hydroxyl groups is 2. The van der Waals surface area contributed by atoms with Gasteiger partial charge < -0.3 is 43.4 Å². The first kappa shape index (κ1) is 43.4. The molecule has 14 heteroatoms. The maximum atomic E-state index is 12.6. The number of likely N-dealkylation sites (N-methyl/N-ethyl adjacent to an activating group) is 3. The Labute approximate surface area is 401 Å². The lowest BCUT2D eigenvalue weighted by atomic mass is 9.51. The summed E-state index contributed by atoms with van der Waals surface area (Å²) in [6.45, 7) is 2.75. The molecule has 12 aliphatic rings. The molecule has 14 nitrogen and oxygen atoms in total. The molecule has 6 heterocycles. The Hall–Kier alpha value is -5.64. The molecule has 360 valence electrons. The minimum absolute atomic E-state index is 0.0430. The van der Waals surface area contributed by atoms with Gasteiger partial charge in [0.25, 0.3) is 0 Å². The highest BCUT2D eigenvalue weighted by Gasteiger charge is 2.73. The van der Waals surface area contributed by atoms with Gasteiger partial charge in [-0.3, -0.25) is 24.3 Å². The molecular weight excluding hydrogens is 879 g/mol. The van der Waals surface area contributed by atoms with E-state index < -0.39 is 34.2 Å². The van der Waals surface area contributed by atoms with Crippen molar-refractivity contribution in [1.82, 2.24) is 14.7 Å². The molecule has 69 heavy (non-hydrogen) atoms. The lowest BCUT2D eigenvalue weighted by molar-refractivity contribution is -0.151. The molecule has 11 atom stereocenters. The summed E-state index contributed by atoms with van der Waals surface area (Å²) in [6.07, 6.45) is 14.4. The number of likely N-dealkylation sites (tertiary alicyclic amines) is 3. The SMILES string of the molecule is COC1=CC=C2C3Cc4ccc(OC)c5c4C2(CCN3C)[C@H]1O5.COc1ccc2c3c1O[C@H]1C(=O)C=C[C@@]4(O)C(C2)N(C)CCC314.COc1ccc2c3c1O[C@H]1C(=O)C=C[C@@]4(O)C(C2)N(C)CCC314. The zero-order valence-corrected chi connectivity index (χ0v) is 40.2. The van der Waals surface area contributed by atoms with Gasteiger partial charge in [-0.25, -0.2) is 0 Å². The smallest absolute Gasteiger partial charge is 0.196 e.